The van der Waals surface area contributed by atoms with Gasteiger partial charge in [-0.15, -0.1) is 0 Å². The largest absolute Gasteiger partial charge is 0.511 e. The molecule has 0 unspecified atom stereocenters. The first-order valence-corrected chi connectivity index (χ1v) is 8.23. The number of nitrogens with zero attached hydrogens (tertiary/aromatic N) is 4. The van der Waals surface area contributed by atoms with E-state index in [4.69, 9.17) is 0 Å². The van der Waals surface area contributed by atoms with Gasteiger partial charge in [-0.1, -0.05) is 0 Å². The Bertz CT molecular complexity index is 819. The van der Waals surface area contributed by atoms with Gasteiger partial charge in [0.1, 0.15) is 17.8 Å². The van der Waals surface area contributed by atoms with Gasteiger partial charge in [-0.2, -0.15) is 17.5 Å². The van der Waals surface area contributed by atoms with Gasteiger partial charge in [0.2, 0.25) is 0 Å². The molecule has 1 atom stereocenters. The Morgan fingerprint density at radius 2 is 2.13 bits per heavy atom. The van der Waals surface area contributed by atoms with Crippen molar-refractivity contribution in [1.82, 2.24) is 19.3 Å². The van der Waals surface area contributed by atoms with Crippen LogP contribution in [0, 0.1) is 0 Å². The van der Waals surface area contributed by atoms with E-state index in [1.165, 1.54) is 6.33 Å². The lowest BCUT2D eigenvalue weighted by Crippen LogP contribution is -2.42. The number of anilines is 1. The minimum atomic E-state index is -5.29. The predicted octanol–water partition coefficient (Wildman–Crippen LogP) is 1.32. The van der Waals surface area contributed by atoms with Crippen molar-refractivity contribution < 1.29 is 21.6 Å². The van der Waals surface area contributed by atoms with E-state index in [0.29, 0.717) is 22.2 Å². The zero-order valence-electron chi connectivity index (χ0n) is 12.1. The van der Waals surface area contributed by atoms with E-state index >= 15 is 0 Å². The Morgan fingerprint density at radius 3 is 2.83 bits per heavy atom. The highest BCUT2D eigenvalue weighted by atomic mass is 32.2. The number of aromatic nitrogens is 3. The van der Waals surface area contributed by atoms with Crippen molar-refractivity contribution in [2.45, 2.75) is 18.0 Å². The number of hydrogen-bond acceptors (Lipinski definition) is 5. The molecule has 0 saturated carbocycles. The van der Waals surface area contributed by atoms with Crippen molar-refractivity contribution in [3.63, 3.8) is 0 Å². The van der Waals surface area contributed by atoms with Crippen LogP contribution in [0.1, 0.15) is 6.42 Å². The lowest BCUT2D eigenvalue weighted by molar-refractivity contribution is -0.0483. The molecule has 0 aromatic carbocycles. The third-order valence-electron chi connectivity index (χ3n) is 3.97. The molecule has 1 saturated heterocycles. The van der Waals surface area contributed by atoms with Crippen molar-refractivity contribution >= 4 is 26.9 Å². The van der Waals surface area contributed by atoms with Gasteiger partial charge in [-0.05, 0) is 12.5 Å². The van der Waals surface area contributed by atoms with Crippen LogP contribution in [-0.2, 0) is 10.0 Å². The zero-order chi connectivity index (χ0) is 16.8. The van der Waals surface area contributed by atoms with Crippen LogP contribution >= 0.6 is 0 Å². The summed E-state index contributed by atoms with van der Waals surface area (Å²) in [5.41, 5.74) is -4.66. The van der Waals surface area contributed by atoms with Gasteiger partial charge in [0, 0.05) is 32.4 Å². The molecule has 1 aliphatic heterocycles. The van der Waals surface area contributed by atoms with Crippen molar-refractivity contribution in [3.8, 4) is 0 Å². The Hall–Kier alpha value is -1.88. The van der Waals surface area contributed by atoms with E-state index in [9.17, 15) is 21.6 Å². The third kappa shape index (κ3) is 2.63. The molecule has 23 heavy (non-hydrogen) atoms. The summed E-state index contributed by atoms with van der Waals surface area (Å²) in [5, 5.41) is 0.729. The molecular formula is C12H14F3N5O2S. The summed E-state index contributed by atoms with van der Waals surface area (Å²) >= 11 is 0. The van der Waals surface area contributed by atoms with Crippen molar-refractivity contribution in [2.24, 2.45) is 0 Å². The van der Waals surface area contributed by atoms with Crippen LogP contribution in [-0.4, -0.2) is 59.4 Å². The predicted molar refractivity (Wildman–Crippen MR) is 77.2 cm³/mol. The lowest BCUT2D eigenvalue weighted by atomic mass is 10.2. The average molecular weight is 349 g/mol. The lowest BCUT2D eigenvalue weighted by Gasteiger charge is -2.26. The van der Waals surface area contributed by atoms with E-state index < -0.39 is 15.5 Å². The number of fused-ring (bicyclic) bond motifs is 1. The monoisotopic (exact) mass is 349 g/mol. The van der Waals surface area contributed by atoms with Crippen LogP contribution in [0.4, 0.5) is 19.0 Å². The highest BCUT2D eigenvalue weighted by molar-refractivity contribution is 7.90. The summed E-state index contributed by atoms with van der Waals surface area (Å²) in [7, 11) is -3.61. The number of aromatic amines is 1. The van der Waals surface area contributed by atoms with Crippen LogP contribution < -0.4 is 4.90 Å². The number of halogens is 3. The summed E-state index contributed by atoms with van der Waals surface area (Å²) in [6, 6.07) is 1.38. The minimum Gasteiger partial charge on any atom is -0.355 e. The fourth-order valence-electron chi connectivity index (χ4n) is 2.70. The molecular weight excluding hydrogens is 335 g/mol. The number of alkyl halides is 3. The van der Waals surface area contributed by atoms with E-state index in [2.05, 4.69) is 15.0 Å². The number of likely N-dealkylation sites (N-methyl/N-ethyl adjacent to an activating group) is 1. The molecule has 0 radical (unpaired) electrons. The minimum absolute atomic E-state index is 0.168. The number of rotatable bonds is 3. The molecule has 3 heterocycles. The molecule has 0 aliphatic carbocycles. The third-order valence-corrected chi connectivity index (χ3v) is 5.57. The van der Waals surface area contributed by atoms with Crippen LogP contribution in [0.25, 0.3) is 11.0 Å². The maximum atomic E-state index is 12.6. The van der Waals surface area contributed by atoms with Gasteiger partial charge >= 0.3 is 15.5 Å². The maximum Gasteiger partial charge on any atom is 0.511 e. The molecule has 126 valence electrons. The van der Waals surface area contributed by atoms with E-state index in [1.807, 2.05) is 0 Å². The smallest absolute Gasteiger partial charge is 0.355 e. The van der Waals surface area contributed by atoms with Gasteiger partial charge in [0.25, 0.3) is 0 Å². The molecule has 11 heteroatoms. The summed E-state index contributed by atoms with van der Waals surface area (Å²) < 4.78 is 61.3. The molecule has 1 N–H and O–H groups in total. The molecule has 0 bridgehead atoms. The van der Waals surface area contributed by atoms with Gasteiger partial charge in [-0.3, -0.25) is 0 Å². The molecule has 7 nitrogen and oxygen atoms in total. The van der Waals surface area contributed by atoms with Crippen LogP contribution in [0.2, 0.25) is 0 Å². The molecule has 0 amide bonds. The van der Waals surface area contributed by atoms with E-state index in [1.54, 1.807) is 24.2 Å². The quantitative estimate of drug-likeness (QED) is 0.904. The summed E-state index contributed by atoms with van der Waals surface area (Å²) in [4.78, 5) is 12.8. The number of hydrogen-bond donors (Lipinski definition) is 1. The Kier molecular flexibility index (Phi) is 3.71. The standard InChI is InChI=1S/C12H14F3N5O2S/c1-19(11-9-2-4-16-10(9)17-7-18-11)8-3-5-20(6-8)23(21,22)12(13,14)15/h2,4,7-8H,3,5-6H2,1H3,(H,16,17,18)/t8-/m1/s1. The first kappa shape index (κ1) is 16.0. The van der Waals surface area contributed by atoms with Crippen LogP contribution in [0.5, 0.6) is 0 Å². The number of nitrogens with one attached hydrogen (secondary N) is 1. The van der Waals surface area contributed by atoms with E-state index in [0.717, 1.165) is 5.39 Å². The topological polar surface area (TPSA) is 82.2 Å². The normalized spacial score (nSPS) is 20.3. The van der Waals surface area contributed by atoms with Crippen molar-refractivity contribution in [2.75, 3.05) is 25.0 Å². The second kappa shape index (κ2) is 5.34. The van der Waals surface area contributed by atoms with Crippen molar-refractivity contribution in [1.29, 1.82) is 0 Å². The van der Waals surface area contributed by atoms with Crippen LogP contribution in [0.3, 0.4) is 0 Å². The van der Waals surface area contributed by atoms with E-state index in [-0.39, 0.29) is 19.1 Å². The molecule has 2 aromatic rings. The number of H-pyrrole nitrogens is 1. The van der Waals surface area contributed by atoms with Crippen LogP contribution in [0.15, 0.2) is 18.6 Å². The average Bonchev–Trinajstić information content (AvgIpc) is 3.14. The van der Waals surface area contributed by atoms with Gasteiger partial charge in [0.05, 0.1) is 5.39 Å². The summed E-state index contributed by atoms with van der Waals surface area (Å²) in [6.45, 7) is -0.396. The molecule has 1 aliphatic rings. The second-order valence-corrected chi connectivity index (χ2v) is 7.23. The summed E-state index contributed by atoms with van der Waals surface area (Å²) in [5.74, 6) is 0.549. The fraction of sp³-hybridized carbons (Fsp3) is 0.500. The molecule has 1 fully saturated rings. The summed E-state index contributed by atoms with van der Waals surface area (Å²) in [6.07, 6.45) is 3.33. The zero-order valence-corrected chi connectivity index (χ0v) is 12.9. The Labute approximate surface area is 130 Å². The molecule has 0 spiro atoms. The highest BCUT2D eigenvalue weighted by Crippen LogP contribution is 2.32. The number of sulfonamides is 1. The first-order valence-electron chi connectivity index (χ1n) is 6.79. The Morgan fingerprint density at radius 1 is 1.39 bits per heavy atom. The highest BCUT2D eigenvalue weighted by Gasteiger charge is 2.52. The van der Waals surface area contributed by atoms with Crippen molar-refractivity contribution in [3.05, 3.63) is 18.6 Å². The SMILES string of the molecule is CN(c1ncnc2[nH]ccc12)[C@@H]1CCN(S(=O)(=O)C(F)(F)F)C1. The second-order valence-electron chi connectivity index (χ2n) is 5.30. The first-order chi connectivity index (χ1) is 10.7. The van der Waals surface area contributed by atoms with Gasteiger partial charge < -0.3 is 9.88 Å². The van der Waals surface area contributed by atoms with Gasteiger partial charge in [0.15, 0.2) is 0 Å². The molecule has 2 aromatic heterocycles. The van der Waals surface area contributed by atoms with Gasteiger partial charge in [-0.25, -0.2) is 18.4 Å². The fourth-order valence-corrected chi connectivity index (χ4v) is 3.71. The molecule has 3 rings (SSSR count). The Balaban J connectivity index is 1.83. The maximum absolute atomic E-state index is 12.6.